The number of Topliss-reactive ketones (excluding diaryl/α,β-unsaturated/α-hetero) is 1. The number of carbonyl (C=O) groups is 2. The second-order valence-corrected chi connectivity index (χ2v) is 2.49. The quantitative estimate of drug-likeness (QED) is 0.613. The molecule has 3 N–H and O–H groups in total. The van der Waals surface area contributed by atoms with Crippen molar-refractivity contribution in [3.63, 3.8) is 0 Å². The van der Waals surface area contributed by atoms with Gasteiger partial charge in [0.1, 0.15) is 12.6 Å². The summed E-state index contributed by atoms with van der Waals surface area (Å²) in [6, 6.07) is -0.906. The molecule has 5 nitrogen and oxygen atoms in total. The first kappa shape index (κ1) is 15.5. The Bertz CT molecular complexity index is 170. The van der Waals surface area contributed by atoms with Crippen molar-refractivity contribution >= 4 is 11.8 Å². The smallest absolute Gasteiger partial charge is 0.320 e. The molecule has 0 aliphatic rings. The number of ketones is 1. The van der Waals surface area contributed by atoms with Gasteiger partial charge in [0.25, 0.3) is 0 Å². The van der Waals surface area contributed by atoms with E-state index in [2.05, 4.69) is 0 Å². The summed E-state index contributed by atoms with van der Waals surface area (Å²) in [5.74, 6) is -1.14. The van der Waals surface area contributed by atoms with E-state index in [1.165, 1.54) is 6.92 Å². The molecule has 5 heteroatoms. The molecule has 0 fully saturated rings. The summed E-state index contributed by atoms with van der Waals surface area (Å²) in [6.07, 6.45) is 0.225. The lowest BCUT2D eigenvalue weighted by atomic mass is 10.2. The first-order chi connectivity index (χ1) is 6.54. The zero-order valence-corrected chi connectivity index (χ0v) is 8.95. The van der Waals surface area contributed by atoms with E-state index < -0.39 is 12.0 Å². The van der Waals surface area contributed by atoms with Crippen LogP contribution in [0.15, 0.2) is 0 Å². The summed E-state index contributed by atoms with van der Waals surface area (Å²) in [6.45, 7) is 5.62. The van der Waals surface area contributed by atoms with Crippen molar-refractivity contribution < 1.29 is 19.4 Å². The van der Waals surface area contributed by atoms with Crippen LogP contribution in [0.5, 0.6) is 0 Å². The molecule has 0 aliphatic heterocycles. The zero-order chi connectivity index (χ0) is 11.6. The van der Waals surface area contributed by atoms with Crippen LogP contribution in [0.4, 0.5) is 0 Å². The third-order valence-corrected chi connectivity index (χ3v) is 1.20. The van der Waals surface area contributed by atoms with Crippen LogP contribution in [-0.2, 0) is 14.3 Å². The fraction of sp³-hybridized carbons (Fsp3) is 0.778. The number of ether oxygens (including phenoxy) is 1. The number of carboxylic acid groups (broad SMARTS) is 1. The summed E-state index contributed by atoms with van der Waals surface area (Å²) in [4.78, 5) is 20.5. The van der Waals surface area contributed by atoms with Crippen molar-refractivity contribution in [3.8, 4) is 0 Å². The van der Waals surface area contributed by atoms with Gasteiger partial charge in [-0.1, -0.05) is 13.8 Å². The second-order valence-electron chi connectivity index (χ2n) is 2.49. The summed E-state index contributed by atoms with van der Waals surface area (Å²) in [5.41, 5.74) is 5.17. The number of aliphatic carboxylic acids is 1. The molecule has 1 atom stereocenters. The average Bonchev–Trinajstić information content (AvgIpc) is 2.15. The molecule has 1 unspecified atom stereocenters. The molecule has 0 bridgehead atoms. The van der Waals surface area contributed by atoms with Crippen molar-refractivity contribution in [2.24, 2.45) is 5.73 Å². The molecule has 0 amide bonds. The molecule has 0 radical (unpaired) electrons. The maximum Gasteiger partial charge on any atom is 0.320 e. The minimum atomic E-state index is -1.05. The van der Waals surface area contributed by atoms with Crippen LogP contribution < -0.4 is 5.73 Å². The van der Waals surface area contributed by atoms with Crippen molar-refractivity contribution in [3.05, 3.63) is 0 Å². The highest BCUT2D eigenvalue weighted by molar-refractivity contribution is 5.76. The molecule has 0 saturated carbocycles. The van der Waals surface area contributed by atoms with E-state index in [0.29, 0.717) is 0 Å². The maximum absolute atomic E-state index is 10.3. The molecule has 0 saturated heterocycles. The van der Waals surface area contributed by atoms with Crippen molar-refractivity contribution in [2.45, 2.75) is 33.2 Å². The van der Waals surface area contributed by atoms with Crippen molar-refractivity contribution in [1.29, 1.82) is 0 Å². The number of carbonyl (C=O) groups excluding carboxylic acids is 1. The fourth-order valence-electron chi connectivity index (χ4n) is 0.550. The minimum Gasteiger partial charge on any atom is -0.480 e. The minimum absolute atomic E-state index is 0.0202. The predicted molar refractivity (Wildman–Crippen MR) is 53.1 cm³/mol. The van der Waals surface area contributed by atoms with Gasteiger partial charge in [-0.3, -0.25) is 9.59 Å². The monoisotopic (exact) mass is 205 g/mol. The predicted octanol–water partition coefficient (Wildman–Crippen LogP) is 0.420. The Balaban J connectivity index is 0. The summed E-state index contributed by atoms with van der Waals surface area (Å²) >= 11 is 0. The largest absolute Gasteiger partial charge is 0.480 e. The van der Waals surface area contributed by atoms with E-state index in [1.807, 2.05) is 13.8 Å². The van der Waals surface area contributed by atoms with E-state index in [1.54, 1.807) is 0 Å². The topological polar surface area (TPSA) is 89.6 Å². The molecule has 0 aromatic rings. The highest BCUT2D eigenvalue weighted by Gasteiger charge is 2.10. The Morgan fingerprint density at radius 1 is 1.43 bits per heavy atom. The first-order valence-electron chi connectivity index (χ1n) is 4.59. The van der Waals surface area contributed by atoms with Gasteiger partial charge in [0.2, 0.25) is 0 Å². The Morgan fingerprint density at radius 2 is 1.93 bits per heavy atom. The SMILES string of the molecule is CC.CC(=O)COCCC(N)C(=O)O. The maximum atomic E-state index is 10.3. The van der Waals surface area contributed by atoms with Crippen LogP contribution in [-0.4, -0.2) is 36.1 Å². The van der Waals surface area contributed by atoms with Gasteiger partial charge < -0.3 is 15.6 Å². The van der Waals surface area contributed by atoms with Gasteiger partial charge in [-0.25, -0.2) is 0 Å². The van der Waals surface area contributed by atoms with E-state index >= 15 is 0 Å². The van der Waals surface area contributed by atoms with Gasteiger partial charge in [0, 0.05) is 6.61 Å². The Labute approximate surface area is 84.2 Å². The van der Waals surface area contributed by atoms with E-state index in [9.17, 15) is 9.59 Å². The Morgan fingerprint density at radius 3 is 2.29 bits per heavy atom. The molecular formula is C9H19NO4. The molecule has 0 heterocycles. The first-order valence-corrected chi connectivity index (χ1v) is 4.59. The second kappa shape index (κ2) is 10.1. The Kier molecular flexibility index (Phi) is 11.3. The van der Waals surface area contributed by atoms with Crippen LogP contribution in [0.3, 0.4) is 0 Å². The zero-order valence-electron chi connectivity index (χ0n) is 8.95. The van der Waals surface area contributed by atoms with Crippen molar-refractivity contribution in [1.82, 2.24) is 0 Å². The van der Waals surface area contributed by atoms with E-state index in [-0.39, 0.29) is 25.4 Å². The molecule has 0 aliphatic carbocycles. The molecule has 0 aromatic carbocycles. The fourth-order valence-corrected chi connectivity index (χ4v) is 0.550. The van der Waals surface area contributed by atoms with E-state index in [4.69, 9.17) is 15.6 Å². The van der Waals surface area contributed by atoms with Crippen LogP contribution in [0.1, 0.15) is 27.2 Å². The van der Waals surface area contributed by atoms with Gasteiger partial charge in [-0.15, -0.1) is 0 Å². The van der Waals surface area contributed by atoms with Crippen LogP contribution in [0, 0.1) is 0 Å². The van der Waals surface area contributed by atoms with Gasteiger partial charge in [-0.05, 0) is 13.3 Å². The summed E-state index contributed by atoms with van der Waals surface area (Å²) < 4.78 is 4.82. The number of hydrogen-bond donors (Lipinski definition) is 2. The lowest BCUT2D eigenvalue weighted by Crippen LogP contribution is -2.31. The van der Waals surface area contributed by atoms with Gasteiger partial charge in [-0.2, -0.15) is 0 Å². The van der Waals surface area contributed by atoms with Gasteiger partial charge in [0.05, 0.1) is 0 Å². The number of rotatable bonds is 6. The summed E-state index contributed by atoms with van der Waals surface area (Å²) in [5, 5.41) is 8.34. The van der Waals surface area contributed by atoms with Crippen LogP contribution in [0.2, 0.25) is 0 Å². The molecular weight excluding hydrogens is 186 g/mol. The van der Waals surface area contributed by atoms with Crippen LogP contribution in [0.25, 0.3) is 0 Å². The standard InChI is InChI=1S/C7H13NO4.C2H6/c1-5(9)4-12-3-2-6(8)7(10)11;1-2/h6H,2-4,8H2,1H3,(H,10,11);1-2H3. The molecule has 84 valence electrons. The lowest BCUT2D eigenvalue weighted by Gasteiger charge is -2.05. The van der Waals surface area contributed by atoms with Crippen LogP contribution >= 0.6 is 0 Å². The highest BCUT2D eigenvalue weighted by Crippen LogP contribution is 1.89. The van der Waals surface area contributed by atoms with Gasteiger partial charge in [0.15, 0.2) is 5.78 Å². The van der Waals surface area contributed by atoms with Crippen molar-refractivity contribution in [2.75, 3.05) is 13.2 Å². The third kappa shape index (κ3) is 11.1. The number of hydrogen-bond acceptors (Lipinski definition) is 4. The molecule has 0 spiro atoms. The Hall–Kier alpha value is -0.940. The normalized spacial score (nSPS) is 11.1. The number of nitrogens with two attached hydrogens (primary N) is 1. The third-order valence-electron chi connectivity index (χ3n) is 1.20. The molecule has 14 heavy (non-hydrogen) atoms. The molecule has 0 aromatic heterocycles. The highest BCUT2D eigenvalue weighted by atomic mass is 16.5. The average molecular weight is 205 g/mol. The van der Waals surface area contributed by atoms with Gasteiger partial charge >= 0.3 is 5.97 Å². The summed E-state index contributed by atoms with van der Waals surface area (Å²) in [7, 11) is 0. The lowest BCUT2D eigenvalue weighted by molar-refractivity contribution is -0.139. The molecule has 0 rings (SSSR count). The number of carboxylic acids is 1. The van der Waals surface area contributed by atoms with E-state index in [0.717, 1.165) is 0 Å².